The first-order valence-corrected chi connectivity index (χ1v) is 9.50. The molecule has 2 aliphatic heterocycles. The fourth-order valence-corrected chi connectivity index (χ4v) is 4.82. The van der Waals surface area contributed by atoms with Gasteiger partial charge in [0.1, 0.15) is 11.8 Å². The quantitative estimate of drug-likeness (QED) is 0.723. The molecule has 0 saturated carbocycles. The normalized spacial score (nSPS) is 26.3. The monoisotopic (exact) mass is 437 g/mol. The fourth-order valence-electron chi connectivity index (χ4n) is 3.19. The van der Waals surface area contributed by atoms with E-state index in [9.17, 15) is 5.11 Å². The Morgan fingerprint density at radius 3 is 2.91 bits per heavy atom. The third-order valence-corrected chi connectivity index (χ3v) is 6.16. The van der Waals surface area contributed by atoms with Crippen LogP contribution in [0.5, 0.6) is 5.75 Å². The summed E-state index contributed by atoms with van der Waals surface area (Å²) in [4.78, 5) is 11.9. The molecule has 3 atom stereocenters. The lowest BCUT2D eigenvalue weighted by atomic mass is 9.96. The highest BCUT2D eigenvalue weighted by atomic mass is 127. The van der Waals surface area contributed by atoms with Crippen LogP contribution in [0.2, 0.25) is 0 Å². The highest BCUT2D eigenvalue weighted by Crippen LogP contribution is 2.47. The van der Waals surface area contributed by atoms with Gasteiger partial charge in [-0.3, -0.25) is 9.98 Å². The zero-order valence-corrected chi connectivity index (χ0v) is 15.5. The molecule has 2 aliphatic rings. The number of hydrogen-bond acceptors (Lipinski definition) is 5. The molecule has 1 aromatic heterocycles. The summed E-state index contributed by atoms with van der Waals surface area (Å²) >= 11 is 4.01. The van der Waals surface area contributed by atoms with Crippen LogP contribution in [0.25, 0.3) is 0 Å². The van der Waals surface area contributed by atoms with Crippen molar-refractivity contribution in [2.24, 2.45) is 4.99 Å². The number of phenols is 1. The summed E-state index contributed by atoms with van der Waals surface area (Å²) in [5.41, 5.74) is 2.17. The van der Waals surface area contributed by atoms with Crippen LogP contribution in [0, 0.1) is 3.57 Å². The number of amidine groups is 1. The van der Waals surface area contributed by atoms with Gasteiger partial charge in [0.2, 0.25) is 0 Å². The summed E-state index contributed by atoms with van der Waals surface area (Å²) in [5.74, 6) is 0.326. The number of halogens is 1. The van der Waals surface area contributed by atoms with Gasteiger partial charge in [-0.2, -0.15) is 0 Å². The number of fused-ring (bicyclic) bond motifs is 1. The van der Waals surface area contributed by atoms with E-state index in [1.54, 1.807) is 6.07 Å². The SMILES string of the molecule is CC1CN2C(=NC(c3ccccn3)C2c2ccc(O)c(I)c2)S1. The summed E-state index contributed by atoms with van der Waals surface area (Å²) in [6.45, 7) is 3.23. The smallest absolute Gasteiger partial charge is 0.160 e. The first kappa shape index (κ1) is 15.3. The molecule has 0 aliphatic carbocycles. The Morgan fingerprint density at radius 2 is 2.17 bits per heavy atom. The van der Waals surface area contributed by atoms with E-state index in [0.29, 0.717) is 11.0 Å². The molecule has 1 aromatic carbocycles. The fraction of sp³-hybridized carbons (Fsp3) is 0.294. The van der Waals surface area contributed by atoms with Gasteiger partial charge in [-0.15, -0.1) is 0 Å². The van der Waals surface area contributed by atoms with Crippen LogP contribution in [0.4, 0.5) is 0 Å². The average Bonchev–Trinajstić information content (AvgIpc) is 3.07. The molecule has 3 heterocycles. The molecule has 0 bridgehead atoms. The molecular weight excluding hydrogens is 421 g/mol. The Bertz CT molecular complexity index is 768. The summed E-state index contributed by atoms with van der Waals surface area (Å²) in [6, 6.07) is 12.0. The third-order valence-electron chi connectivity index (χ3n) is 4.19. The van der Waals surface area contributed by atoms with Crippen LogP contribution in [0.3, 0.4) is 0 Å². The summed E-state index contributed by atoms with van der Waals surface area (Å²) in [6.07, 6.45) is 1.83. The van der Waals surface area contributed by atoms with E-state index in [1.807, 2.05) is 42.2 Å². The second-order valence-electron chi connectivity index (χ2n) is 5.85. The number of thioether (sulfide) groups is 1. The number of hydrogen-bond donors (Lipinski definition) is 1. The highest BCUT2D eigenvalue weighted by molar-refractivity contribution is 14.1. The van der Waals surface area contributed by atoms with Crippen molar-refractivity contribution in [2.45, 2.75) is 24.3 Å². The molecule has 1 saturated heterocycles. The Morgan fingerprint density at radius 1 is 1.30 bits per heavy atom. The largest absolute Gasteiger partial charge is 0.507 e. The number of aromatic nitrogens is 1. The van der Waals surface area contributed by atoms with Crippen LogP contribution in [-0.4, -0.2) is 32.0 Å². The minimum atomic E-state index is 0.00606. The second kappa shape index (κ2) is 5.98. The Kier molecular flexibility index (Phi) is 3.96. The van der Waals surface area contributed by atoms with Gasteiger partial charge in [0.25, 0.3) is 0 Å². The van der Waals surface area contributed by atoms with E-state index < -0.39 is 0 Å². The predicted molar refractivity (Wildman–Crippen MR) is 102 cm³/mol. The molecule has 1 N–H and O–H groups in total. The third kappa shape index (κ3) is 2.71. The van der Waals surface area contributed by atoms with E-state index in [2.05, 4.69) is 45.5 Å². The van der Waals surface area contributed by atoms with E-state index in [-0.39, 0.29) is 12.1 Å². The lowest BCUT2D eigenvalue weighted by molar-refractivity contribution is 0.321. The summed E-state index contributed by atoms with van der Waals surface area (Å²) < 4.78 is 0.869. The standard InChI is InChI=1S/C17H16IN3OS/c1-10-9-21-16(11-5-6-14(22)12(18)8-11)15(20-17(21)23-10)13-4-2-3-7-19-13/h2-8,10,15-16,22H,9H2,1H3. The van der Waals surface area contributed by atoms with Crippen molar-refractivity contribution in [2.75, 3.05) is 6.54 Å². The van der Waals surface area contributed by atoms with Gasteiger partial charge < -0.3 is 10.0 Å². The van der Waals surface area contributed by atoms with Crippen LogP contribution in [0.1, 0.15) is 30.3 Å². The van der Waals surface area contributed by atoms with Crippen molar-refractivity contribution in [3.63, 3.8) is 0 Å². The van der Waals surface area contributed by atoms with Crippen LogP contribution in [0.15, 0.2) is 47.6 Å². The molecule has 1 fully saturated rings. The molecule has 3 unspecified atom stereocenters. The highest BCUT2D eigenvalue weighted by Gasteiger charge is 2.43. The minimum absolute atomic E-state index is 0.00606. The van der Waals surface area contributed by atoms with Crippen molar-refractivity contribution in [3.8, 4) is 5.75 Å². The molecule has 23 heavy (non-hydrogen) atoms. The van der Waals surface area contributed by atoms with Crippen molar-refractivity contribution >= 4 is 39.5 Å². The number of aliphatic imine (C=N–C) groups is 1. The lowest BCUT2D eigenvalue weighted by Crippen LogP contribution is -2.28. The zero-order valence-electron chi connectivity index (χ0n) is 12.6. The second-order valence-corrected chi connectivity index (χ2v) is 8.42. The van der Waals surface area contributed by atoms with Gasteiger partial charge in [-0.1, -0.05) is 30.8 Å². The van der Waals surface area contributed by atoms with E-state index in [0.717, 1.165) is 21.0 Å². The summed E-state index contributed by atoms with van der Waals surface area (Å²) in [5, 5.41) is 11.5. The molecular formula is C17H16IN3OS. The van der Waals surface area contributed by atoms with Crippen LogP contribution >= 0.6 is 34.4 Å². The van der Waals surface area contributed by atoms with Crippen LogP contribution in [-0.2, 0) is 0 Å². The van der Waals surface area contributed by atoms with Crippen molar-refractivity contribution in [1.82, 2.24) is 9.88 Å². The molecule has 0 spiro atoms. The topological polar surface area (TPSA) is 48.7 Å². The minimum Gasteiger partial charge on any atom is -0.507 e. The Labute approximate surface area is 153 Å². The van der Waals surface area contributed by atoms with E-state index >= 15 is 0 Å². The number of benzene rings is 1. The first-order chi connectivity index (χ1) is 11.1. The maximum atomic E-state index is 9.83. The summed E-state index contributed by atoms with van der Waals surface area (Å²) in [7, 11) is 0. The molecule has 6 heteroatoms. The number of phenolic OH excluding ortho intramolecular Hbond substituents is 1. The van der Waals surface area contributed by atoms with Crippen molar-refractivity contribution in [1.29, 1.82) is 0 Å². The van der Waals surface area contributed by atoms with Crippen molar-refractivity contribution in [3.05, 3.63) is 57.4 Å². The number of nitrogens with zero attached hydrogens (tertiary/aromatic N) is 3. The molecule has 2 aromatic rings. The average molecular weight is 437 g/mol. The lowest BCUT2D eigenvalue weighted by Gasteiger charge is -2.27. The van der Waals surface area contributed by atoms with Gasteiger partial charge in [0, 0.05) is 18.0 Å². The maximum absolute atomic E-state index is 9.83. The number of pyridine rings is 1. The Hall–Kier alpha value is -1.28. The Balaban J connectivity index is 1.79. The maximum Gasteiger partial charge on any atom is 0.160 e. The molecule has 118 valence electrons. The van der Waals surface area contributed by atoms with Gasteiger partial charge in [0.05, 0.1) is 15.3 Å². The van der Waals surface area contributed by atoms with Gasteiger partial charge in [0.15, 0.2) is 5.17 Å². The van der Waals surface area contributed by atoms with E-state index in [4.69, 9.17) is 4.99 Å². The van der Waals surface area contributed by atoms with Crippen LogP contribution < -0.4 is 0 Å². The molecule has 0 radical (unpaired) electrons. The molecule has 0 amide bonds. The molecule has 4 rings (SSSR count). The van der Waals surface area contributed by atoms with Gasteiger partial charge in [-0.05, 0) is 52.4 Å². The number of aromatic hydroxyl groups is 1. The van der Waals surface area contributed by atoms with Gasteiger partial charge >= 0.3 is 0 Å². The van der Waals surface area contributed by atoms with Crippen molar-refractivity contribution < 1.29 is 5.11 Å². The first-order valence-electron chi connectivity index (χ1n) is 7.54. The predicted octanol–water partition coefficient (Wildman–Crippen LogP) is 3.98. The van der Waals surface area contributed by atoms with E-state index in [1.165, 1.54) is 5.56 Å². The zero-order chi connectivity index (χ0) is 16.0. The van der Waals surface area contributed by atoms with Gasteiger partial charge in [-0.25, -0.2) is 0 Å². The molecule has 4 nitrogen and oxygen atoms in total. The number of rotatable bonds is 2.